The lowest BCUT2D eigenvalue weighted by molar-refractivity contribution is 0.0734. The Morgan fingerprint density at radius 2 is 1.39 bits per heavy atom. The van der Waals surface area contributed by atoms with Gasteiger partial charge in [-0.15, -0.1) is 0 Å². The van der Waals surface area contributed by atoms with E-state index < -0.39 is 0 Å². The molecule has 0 heterocycles. The van der Waals surface area contributed by atoms with Crippen molar-refractivity contribution in [3.8, 4) is 11.5 Å². The molecule has 3 aromatic carbocycles. The predicted octanol–water partition coefficient (Wildman–Crippen LogP) is 5.82. The van der Waals surface area contributed by atoms with E-state index in [1.807, 2.05) is 42.5 Å². The Balaban J connectivity index is 1.53. The Hall–Kier alpha value is -3.07. The molecule has 0 N–H and O–H groups in total. The van der Waals surface area contributed by atoms with Crippen molar-refractivity contribution in [1.29, 1.82) is 0 Å². The van der Waals surface area contributed by atoms with Crippen LogP contribution < -0.4 is 9.47 Å². The van der Waals surface area contributed by atoms with E-state index in [1.165, 1.54) is 11.1 Å². The zero-order chi connectivity index (χ0) is 20.0. The molecule has 0 aliphatic rings. The molecule has 0 aromatic heterocycles. The third-order valence-electron chi connectivity index (χ3n) is 4.52. The Morgan fingerprint density at radius 3 is 2.00 bits per heavy atom. The van der Waals surface area contributed by atoms with E-state index in [4.69, 9.17) is 9.47 Å². The second kappa shape index (κ2) is 8.75. The molecule has 0 fully saturated rings. The van der Waals surface area contributed by atoms with Crippen molar-refractivity contribution < 1.29 is 14.3 Å². The zero-order valence-corrected chi connectivity index (χ0v) is 16.6. The maximum atomic E-state index is 12.3. The zero-order valence-electron chi connectivity index (χ0n) is 16.6. The van der Waals surface area contributed by atoms with E-state index in [1.54, 1.807) is 24.3 Å². The fourth-order valence-electron chi connectivity index (χ4n) is 2.81. The van der Waals surface area contributed by atoms with Gasteiger partial charge in [-0.3, -0.25) is 0 Å². The molecule has 28 heavy (non-hydrogen) atoms. The number of hydrogen-bond acceptors (Lipinski definition) is 3. The van der Waals surface area contributed by atoms with Gasteiger partial charge in [-0.25, -0.2) is 4.79 Å². The third kappa shape index (κ3) is 5.46. The first kappa shape index (κ1) is 19.7. The quantitative estimate of drug-likeness (QED) is 0.402. The third-order valence-corrected chi connectivity index (χ3v) is 4.52. The molecule has 0 aliphatic carbocycles. The van der Waals surface area contributed by atoms with Crippen LogP contribution >= 0.6 is 0 Å². The smallest absolute Gasteiger partial charge is 0.343 e. The molecule has 0 radical (unpaired) electrons. The lowest BCUT2D eigenvalue weighted by atomic mass is 9.87. The van der Waals surface area contributed by atoms with Crippen LogP contribution in [0.2, 0.25) is 0 Å². The van der Waals surface area contributed by atoms with Crippen LogP contribution in [-0.2, 0) is 11.8 Å². The summed E-state index contributed by atoms with van der Waals surface area (Å²) in [5, 5.41) is 0. The summed E-state index contributed by atoms with van der Waals surface area (Å²) in [5.74, 6) is 0.905. The van der Waals surface area contributed by atoms with Crippen LogP contribution in [0.15, 0.2) is 78.9 Å². The summed E-state index contributed by atoms with van der Waals surface area (Å²) in [4.78, 5) is 12.3. The Bertz CT molecular complexity index is 889. The standard InChI is InChI=1S/C25H26O3/c1-25(2,3)21-11-15-23(16-12-21)28-24(26)20-9-13-22(14-10-20)27-18-17-19-7-5-4-6-8-19/h4-16H,17-18H2,1-3H3. The van der Waals surface area contributed by atoms with Gasteiger partial charge >= 0.3 is 5.97 Å². The van der Waals surface area contributed by atoms with Crippen LogP contribution in [0.3, 0.4) is 0 Å². The topological polar surface area (TPSA) is 35.5 Å². The molecule has 3 heteroatoms. The molecular formula is C25H26O3. The van der Waals surface area contributed by atoms with E-state index in [0.717, 1.165) is 12.2 Å². The maximum Gasteiger partial charge on any atom is 0.343 e. The summed E-state index contributed by atoms with van der Waals surface area (Å²) in [7, 11) is 0. The summed E-state index contributed by atoms with van der Waals surface area (Å²) in [6.45, 7) is 7.04. The van der Waals surface area contributed by atoms with Gasteiger partial charge in [0, 0.05) is 6.42 Å². The number of esters is 1. The first-order chi connectivity index (χ1) is 13.4. The van der Waals surface area contributed by atoms with Gasteiger partial charge in [-0.2, -0.15) is 0 Å². The monoisotopic (exact) mass is 374 g/mol. The van der Waals surface area contributed by atoms with Crippen molar-refractivity contribution in [2.75, 3.05) is 6.61 Å². The van der Waals surface area contributed by atoms with Crippen molar-refractivity contribution in [3.05, 3.63) is 95.6 Å². The summed E-state index contributed by atoms with van der Waals surface area (Å²) < 4.78 is 11.2. The normalized spacial score (nSPS) is 11.1. The van der Waals surface area contributed by atoms with Gasteiger partial charge in [0.25, 0.3) is 0 Å². The van der Waals surface area contributed by atoms with Crippen molar-refractivity contribution in [2.24, 2.45) is 0 Å². The van der Waals surface area contributed by atoms with Crippen molar-refractivity contribution >= 4 is 5.97 Å². The average molecular weight is 374 g/mol. The second-order valence-corrected chi connectivity index (χ2v) is 7.77. The minimum absolute atomic E-state index is 0.0683. The molecule has 0 atom stereocenters. The van der Waals surface area contributed by atoms with E-state index in [2.05, 4.69) is 32.9 Å². The van der Waals surface area contributed by atoms with E-state index >= 15 is 0 Å². The lowest BCUT2D eigenvalue weighted by Crippen LogP contribution is -2.11. The van der Waals surface area contributed by atoms with E-state index in [9.17, 15) is 4.79 Å². The van der Waals surface area contributed by atoms with Gasteiger partial charge < -0.3 is 9.47 Å². The van der Waals surface area contributed by atoms with E-state index in [0.29, 0.717) is 17.9 Å². The molecule has 0 spiro atoms. The van der Waals surface area contributed by atoms with Crippen LogP contribution in [0.1, 0.15) is 42.3 Å². The Morgan fingerprint density at radius 1 is 0.786 bits per heavy atom. The van der Waals surface area contributed by atoms with Crippen LogP contribution in [0.25, 0.3) is 0 Å². The van der Waals surface area contributed by atoms with Crippen molar-refractivity contribution in [1.82, 2.24) is 0 Å². The van der Waals surface area contributed by atoms with Gasteiger partial charge in [0.15, 0.2) is 0 Å². The SMILES string of the molecule is CC(C)(C)c1ccc(OC(=O)c2ccc(OCCc3ccccc3)cc2)cc1. The lowest BCUT2D eigenvalue weighted by Gasteiger charge is -2.19. The Labute approximate surface area is 166 Å². The summed E-state index contributed by atoms with van der Waals surface area (Å²) in [6, 6.07) is 24.9. The molecule has 0 amide bonds. The highest BCUT2D eigenvalue weighted by Gasteiger charge is 2.14. The summed E-state index contributed by atoms with van der Waals surface area (Å²) in [5.41, 5.74) is 3.00. The number of carbonyl (C=O) groups excluding carboxylic acids is 1. The van der Waals surface area contributed by atoms with Crippen LogP contribution in [0.5, 0.6) is 11.5 Å². The van der Waals surface area contributed by atoms with Gasteiger partial charge in [0.2, 0.25) is 0 Å². The number of benzene rings is 3. The molecule has 0 aliphatic heterocycles. The molecule has 3 aromatic rings. The highest BCUT2D eigenvalue weighted by molar-refractivity contribution is 5.91. The van der Waals surface area contributed by atoms with Crippen molar-refractivity contribution in [2.45, 2.75) is 32.6 Å². The van der Waals surface area contributed by atoms with Gasteiger partial charge in [-0.1, -0.05) is 63.2 Å². The number of carbonyl (C=O) groups is 1. The maximum absolute atomic E-state index is 12.3. The highest BCUT2D eigenvalue weighted by Crippen LogP contribution is 2.24. The predicted molar refractivity (Wildman–Crippen MR) is 112 cm³/mol. The van der Waals surface area contributed by atoms with Crippen molar-refractivity contribution in [3.63, 3.8) is 0 Å². The first-order valence-corrected chi connectivity index (χ1v) is 9.51. The van der Waals surface area contributed by atoms with E-state index in [-0.39, 0.29) is 11.4 Å². The fraction of sp³-hybridized carbons (Fsp3) is 0.240. The molecule has 0 unspecified atom stereocenters. The molecule has 0 saturated heterocycles. The number of ether oxygens (including phenoxy) is 2. The fourth-order valence-corrected chi connectivity index (χ4v) is 2.81. The van der Waals surface area contributed by atoms with Gasteiger partial charge in [0.1, 0.15) is 11.5 Å². The summed E-state index contributed by atoms with van der Waals surface area (Å²) in [6.07, 6.45) is 0.842. The minimum atomic E-state index is -0.376. The molecule has 144 valence electrons. The first-order valence-electron chi connectivity index (χ1n) is 9.51. The molecule has 3 rings (SSSR count). The molecule has 0 bridgehead atoms. The van der Waals surface area contributed by atoms with Crippen LogP contribution in [0, 0.1) is 0 Å². The average Bonchev–Trinajstić information content (AvgIpc) is 2.69. The number of hydrogen-bond donors (Lipinski definition) is 0. The van der Waals surface area contributed by atoms with Crippen LogP contribution in [0.4, 0.5) is 0 Å². The Kier molecular flexibility index (Phi) is 6.15. The molecule has 3 nitrogen and oxygen atoms in total. The minimum Gasteiger partial charge on any atom is -0.493 e. The van der Waals surface area contributed by atoms with Crippen LogP contribution in [-0.4, -0.2) is 12.6 Å². The summed E-state index contributed by atoms with van der Waals surface area (Å²) >= 11 is 0. The molecule has 0 saturated carbocycles. The molecular weight excluding hydrogens is 348 g/mol. The van der Waals surface area contributed by atoms with Gasteiger partial charge in [0.05, 0.1) is 12.2 Å². The second-order valence-electron chi connectivity index (χ2n) is 7.77. The highest BCUT2D eigenvalue weighted by atomic mass is 16.5. The van der Waals surface area contributed by atoms with Gasteiger partial charge in [-0.05, 0) is 52.9 Å². The number of rotatable bonds is 6. The largest absolute Gasteiger partial charge is 0.493 e.